The van der Waals surface area contributed by atoms with Crippen LogP contribution in [-0.4, -0.2) is 24.9 Å². The fourth-order valence-corrected chi connectivity index (χ4v) is 2.96. The molecule has 22 heavy (non-hydrogen) atoms. The number of carbonyl (C=O) groups is 2. The van der Waals surface area contributed by atoms with E-state index in [0.717, 1.165) is 10.4 Å². The Labute approximate surface area is 133 Å². The van der Waals surface area contributed by atoms with Crippen LogP contribution < -0.4 is 16.4 Å². The molecule has 2 aromatic rings. The van der Waals surface area contributed by atoms with E-state index in [1.54, 1.807) is 12.1 Å². The molecule has 6 heteroatoms. The molecule has 0 fully saturated rings. The van der Waals surface area contributed by atoms with Crippen LogP contribution >= 0.6 is 11.3 Å². The first-order valence-electron chi connectivity index (χ1n) is 6.98. The van der Waals surface area contributed by atoms with E-state index in [9.17, 15) is 9.59 Å². The summed E-state index contributed by atoms with van der Waals surface area (Å²) in [5, 5.41) is 6.11. The zero-order valence-electron chi connectivity index (χ0n) is 12.6. The molecule has 0 bridgehead atoms. The molecule has 116 valence electrons. The third-order valence-electron chi connectivity index (χ3n) is 3.15. The first-order valence-corrected chi connectivity index (χ1v) is 7.80. The van der Waals surface area contributed by atoms with Crippen molar-refractivity contribution in [3.63, 3.8) is 0 Å². The highest BCUT2D eigenvalue weighted by atomic mass is 32.1. The van der Waals surface area contributed by atoms with Crippen LogP contribution in [0, 0.1) is 13.8 Å². The number of hydrogen-bond acceptors (Lipinski definition) is 4. The van der Waals surface area contributed by atoms with Crippen molar-refractivity contribution in [2.45, 2.75) is 13.8 Å². The van der Waals surface area contributed by atoms with Gasteiger partial charge in [0, 0.05) is 23.5 Å². The third-order valence-corrected chi connectivity index (χ3v) is 4.11. The zero-order valence-corrected chi connectivity index (χ0v) is 13.4. The molecule has 0 aliphatic rings. The van der Waals surface area contributed by atoms with E-state index >= 15 is 0 Å². The van der Waals surface area contributed by atoms with Gasteiger partial charge in [0.1, 0.15) is 5.00 Å². The van der Waals surface area contributed by atoms with Gasteiger partial charge in [0.25, 0.3) is 11.8 Å². The largest absolute Gasteiger partial charge is 0.351 e. The van der Waals surface area contributed by atoms with E-state index < -0.39 is 0 Å². The second-order valence-corrected chi connectivity index (χ2v) is 6.17. The second-order valence-electron chi connectivity index (χ2n) is 4.91. The Morgan fingerprint density at radius 1 is 1.14 bits per heavy atom. The summed E-state index contributed by atoms with van der Waals surface area (Å²) in [4.78, 5) is 25.4. The number of carbonyl (C=O) groups excluding carboxylic acids is 2. The molecule has 0 spiro atoms. The summed E-state index contributed by atoms with van der Waals surface area (Å²) < 4.78 is 0. The van der Waals surface area contributed by atoms with Gasteiger partial charge in [-0.05, 0) is 31.5 Å². The number of benzene rings is 1. The number of thiophene rings is 1. The monoisotopic (exact) mass is 317 g/mol. The van der Waals surface area contributed by atoms with Gasteiger partial charge < -0.3 is 16.4 Å². The summed E-state index contributed by atoms with van der Waals surface area (Å²) in [5.41, 5.74) is 7.35. The SMILES string of the molecule is Cc1cc(C(=O)NCCN)c(NC(=O)c2ccccc2C)s1. The zero-order chi connectivity index (χ0) is 16.1. The van der Waals surface area contributed by atoms with Crippen LogP contribution in [0.15, 0.2) is 30.3 Å². The molecule has 0 aliphatic carbocycles. The number of aryl methyl sites for hydroxylation is 2. The van der Waals surface area contributed by atoms with Crippen molar-refractivity contribution >= 4 is 28.2 Å². The minimum atomic E-state index is -0.227. The first-order chi connectivity index (χ1) is 10.5. The molecule has 0 aliphatic heterocycles. The highest BCUT2D eigenvalue weighted by Gasteiger charge is 2.17. The number of rotatable bonds is 5. The average molecular weight is 317 g/mol. The maximum absolute atomic E-state index is 12.4. The van der Waals surface area contributed by atoms with Crippen LogP contribution in [0.1, 0.15) is 31.2 Å². The Bertz CT molecular complexity index is 694. The molecule has 1 heterocycles. The summed E-state index contributed by atoms with van der Waals surface area (Å²) in [6.07, 6.45) is 0. The van der Waals surface area contributed by atoms with E-state index in [2.05, 4.69) is 10.6 Å². The van der Waals surface area contributed by atoms with Gasteiger partial charge in [0.05, 0.1) is 5.56 Å². The van der Waals surface area contributed by atoms with Crippen LogP contribution in [0.4, 0.5) is 5.00 Å². The van der Waals surface area contributed by atoms with E-state index in [4.69, 9.17) is 5.73 Å². The lowest BCUT2D eigenvalue weighted by Gasteiger charge is -2.08. The van der Waals surface area contributed by atoms with Gasteiger partial charge in [0.2, 0.25) is 0 Å². The lowest BCUT2D eigenvalue weighted by atomic mass is 10.1. The topological polar surface area (TPSA) is 84.2 Å². The molecule has 0 atom stereocenters. The molecule has 1 aromatic heterocycles. The van der Waals surface area contributed by atoms with E-state index in [-0.39, 0.29) is 11.8 Å². The number of nitrogens with two attached hydrogens (primary N) is 1. The predicted molar refractivity (Wildman–Crippen MR) is 89.6 cm³/mol. The second kappa shape index (κ2) is 7.20. The van der Waals surface area contributed by atoms with Crippen molar-refractivity contribution in [2.75, 3.05) is 18.4 Å². The fraction of sp³-hybridized carbons (Fsp3) is 0.250. The van der Waals surface area contributed by atoms with Crippen LogP contribution in [-0.2, 0) is 0 Å². The Hall–Kier alpha value is -2.18. The number of nitrogens with one attached hydrogen (secondary N) is 2. The highest BCUT2D eigenvalue weighted by molar-refractivity contribution is 7.16. The fourth-order valence-electron chi connectivity index (χ4n) is 2.05. The molecule has 0 saturated carbocycles. The van der Waals surface area contributed by atoms with E-state index in [1.807, 2.05) is 32.0 Å². The van der Waals surface area contributed by atoms with Crippen molar-refractivity contribution in [1.29, 1.82) is 0 Å². The van der Waals surface area contributed by atoms with Crippen molar-refractivity contribution in [3.8, 4) is 0 Å². The molecule has 0 saturated heterocycles. The maximum atomic E-state index is 12.4. The van der Waals surface area contributed by atoms with Gasteiger partial charge in [-0.25, -0.2) is 0 Å². The highest BCUT2D eigenvalue weighted by Crippen LogP contribution is 2.28. The van der Waals surface area contributed by atoms with Crippen LogP contribution in [0.3, 0.4) is 0 Å². The Kier molecular flexibility index (Phi) is 5.30. The van der Waals surface area contributed by atoms with Crippen molar-refractivity contribution < 1.29 is 9.59 Å². The normalized spacial score (nSPS) is 10.3. The number of hydrogen-bond donors (Lipinski definition) is 3. The summed E-state index contributed by atoms with van der Waals surface area (Å²) in [5.74, 6) is -0.442. The quantitative estimate of drug-likeness (QED) is 0.791. The van der Waals surface area contributed by atoms with Gasteiger partial charge in [-0.3, -0.25) is 9.59 Å². The van der Waals surface area contributed by atoms with Crippen LogP contribution in [0.2, 0.25) is 0 Å². The van der Waals surface area contributed by atoms with Crippen LogP contribution in [0.25, 0.3) is 0 Å². The Morgan fingerprint density at radius 3 is 2.55 bits per heavy atom. The standard InChI is InChI=1S/C16H19N3O2S/c1-10-5-3-4-6-12(10)15(21)19-16-13(9-11(2)22-16)14(20)18-8-7-17/h3-6,9H,7-8,17H2,1-2H3,(H,18,20)(H,19,21). The molecular formula is C16H19N3O2S. The first kappa shape index (κ1) is 16.2. The summed E-state index contributed by atoms with van der Waals surface area (Å²) >= 11 is 1.38. The summed E-state index contributed by atoms with van der Waals surface area (Å²) in [6, 6.07) is 9.11. The van der Waals surface area contributed by atoms with Crippen molar-refractivity contribution in [1.82, 2.24) is 5.32 Å². The van der Waals surface area contributed by atoms with Gasteiger partial charge in [-0.15, -0.1) is 11.3 Å². The molecule has 4 N–H and O–H groups in total. The van der Waals surface area contributed by atoms with Gasteiger partial charge >= 0.3 is 0 Å². The van der Waals surface area contributed by atoms with Gasteiger partial charge in [-0.2, -0.15) is 0 Å². The average Bonchev–Trinajstić information content (AvgIpc) is 2.85. The molecular weight excluding hydrogens is 298 g/mol. The Morgan fingerprint density at radius 2 is 1.86 bits per heavy atom. The lowest BCUT2D eigenvalue weighted by Crippen LogP contribution is -2.29. The third kappa shape index (κ3) is 3.72. The van der Waals surface area contributed by atoms with Gasteiger partial charge in [0.15, 0.2) is 0 Å². The minimum absolute atomic E-state index is 0.215. The lowest BCUT2D eigenvalue weighted by molar-refractivity contribution is 0.0956. The molecule has 2 amide bonds. The number of amides is 2. The molecule has 0 unspecified atom stereocenters. The number of anilines is 1. The van der Waals surface area contributed by atoms with Crippen LogP contribution in [0.5, 0.6) is 0 Å². The van der Waals surface area contributed by atoms with Gasteiger partial charge in [-0.1, -0.05) is 18.2 Å². The molecule has 0 radical (unpaired) electrons. The smallest absolute Gasteiger partial charge is 0.256 e. The summed E-state index contributed by atoms with van der Waals surface area (Å²) in [7, 11) is 0. The van der Waals surface area contributed by atoms with E-state index in [1.165, 1.54) is 11.3 Å². The predicted octanol–water partition coefficient (Wildman–Crippen LogP) is 2.31. The summed E-state index contributed by atoms with van der Waals surface area (Å²) in [6.45, 7) is 4.55. The Balaban J connectivity index is 2.21. The molecule has 2 rings (SSSR count). The van der Waals surface area contributed by atoms with E-state index in [0.29, 0.717) is 29.2 Å². The molecule has 1 aromatic carbocycles. The van der Waals surface area contributed by atoms with Crippen molar-refractivity contribution in [2.24, 2.45) is 5.73 Å². The maximum Gasteiger partial charge on any atom is 0.256 e. The molecule has 5 nitrogen and oxygen atoms in total. The minimum Gasteiger partial charge on any atom is -0.351 e. The van der Waals surface area contributed by atoms with Crippen molar-refractivity contribution in [3.05, 3.63) is 51.9 Å².